The Balaban J connectivity index is 1.86. The molecule has 5 rings (SSSR count). The van der Waals surface area contributed by atoms with E-state index in [1.165, 1.54) is 0 Å². The van der Waals surface area contributed by atoms with Crippen LogP contribution in [0, 0.1) is 0 Å². The molecule has 1 aromatic heterocycles. The second-order valence-electron chi connectivity index (χ2n) is 7.83. The van der Waals surface area contributed by atoms with E-state index in [4.69, 9.17) is 21.6 Å². The predicted octanol–water partition coefficient (Wildman–Crippen LogP) is 6.23. The summed E-state index contributed by atoms with van der Waals surface area (Å²) in [6, 6.07) is 24.1. The van der Waals surface area contributed by atoms with Crippen LogP contribution in [-0.4, -0.2) is 20.6 Å². The number of nitrogens with one attached hydrogen (secondary N) is 1. The molecular weight excluding hydrogens is 418 g/mol. The van der Waals surface area contributed by atoms with E-state index in [0.717, 1.165) is 44.8 Å². The van der Waals surface area contributed by atoms with E-state index in [2.05, 4.69) is 40.8 Å². The Morgan fingerprint density at radius 1 is 0.969 bits per heavy atom. The number of hydrogen-bond donors (Lipinski definition) is 1. The molecule has 2 aromatic carbocycles. The van der Waals surface area contributed by atoms with Crippen molar-refractivity contribution in [3.8, 4) is 17.1 Å². The number of benzene rings is 3. The Morgan fingerprint density at radius 3 is 2.56 bits per heavy atom. The lowest BCUT2D eigenvalue weighted by Crippen LogP contribution is -2.16. The zero-order valence-electron chi connectivity index (χ0n) is 17.8. The Hall–Kier alpha value is -3.70. The first-order valence-corrected chi connectivity index (χ1v) is 10.9. The normalized spacial score (nSPS) is 12.1. The van der Waals surface area contributed by atoms with Gasteiger partial charge < -0.3 is 9.88 Å². The van der Waals surface area contributed by atoms with Crippen molar-refractivity contribution >= 4 is 34.0 Å². The van der Waals surface area contributed by atoms with Crippen LogP contribution in [0.4, 0.5) is 11.4 Å². The number of anilines is 2. The molecule has 0 radical (unpaired) electrons. The van der Waals surface area contributed by atoms with Crippen LogP contribution >= 0.6 is 11.6 Å². The van der Waals surface area contributed by atoms with Gasteiger partial charge in [0.25, 0.3) is 0 Å². The lowest BCUT2D eigenvalue weighted by atomic mass is 10.1. The summed E-state index contributed by atoms with van der Waals surface area (Å²) in [5, 5.41) is 4.99. The van der Waals surface area contributed by atoms with Gasteiger partial charge in [0.05, 0.1) is 56.1 Å². The van der Waals surface area contributed by atoms with E-state index >= 15 is 0 Å². The molecule has 0 fully saturated rings. The van der Waals surface area contributed by atoms with E-state index < -0.39 is 0 Å². The van der Waals surface area contributed by atoms with Crippen LogP contribution in [-0.2, 0) is 0 Å². The second-order valence-corrected chi connectivity index (χ2v) is 8.24. The standard InChI is InChI=1S/C26H22ClN5/c1-17(2)29-22-15-26-23(14-21(22)30-18-8-7-13-28-16-18)31-20-10-4-6-12-25(20)32(26)24-11-5-3-9-19(24)27/h3-17,30H,1-2H3. The van der Waals surface area contributed by atoms with Gasteiger partial charge in [-0.1, -0.05) is 35.9 Å². The van der Waals surface area contributed by atoms with Crippen LogP contribution in [0.5, 0.6) is 0 Å². The minimum Gasteiger partial charge on any atom is -0.352 e. The fourth-order valence-corrected chi connectivity index (χ4v) is 4.03. The van der Waals surface area contributed by atoms with Gasteiger partial charge in [-0.15, -0.1) is 0 Å². The molecule has 0 atom stereocenters. The number of aromatic nitrogens is 3. The summed E-state index contributed by atoms with van der Waals surface area (Å²) in [7, 11) is 0. The highest BCUT2D eigenvalue weighted by Crippen LogP contribution is 2.32. The summed E-state index contributed by atoms with van der Waals surface area (Å²) in [4.78, 5) is 14.1. The van der Waals surface area contributed by atoms with Crippen molar-refractivity contribution in [1.29, 1.82) is 0 Å². The van der Waals surface area contributed by atoms with Crippen molar-refractivity contribution in [3.63, 3.8) is 0 Å². The molecule has 2 aliphatic rings. The third kappa shape index (κ3) is 3.83. The molecule has 1 N–H and O–H groups in total. The zero-order chi connectivity index (χ0) is 22.1. The molecular formula is C26H22ClN5. The molecule has 0 bridgehead atoms. The molecule has 3 aromatic rings. The lowest BCUT2D eigenvalue weighted by molar-refractivity contribution is 0.806. The van der Waals surface area contributed by atoms with E-state index in [-0.39, 0.29) is 6.04 Å². The number of rotatable bonds is 4. The maximum absolute atomic E-state index is 6.64. The smallest absolute Gasteiger partial charge is 0.0900 e. The van der Waals surface area contributed by atoms with E-state index in [1.807, 2.05) is 60.7 Å². The summed E-state index contributed by atoms with van der Waals surface area (Å²) in [5.74, 6) is 0. The van der Waals surface area contributed by atoms with Crippen LogP contribution in [0.1, 0.15) is 13.8 Å². The van der Waals surface area contributed by atoms with Crippen LogP contribution in [0.2, 0.25) is 5.02 Å². The molecule has 5 nitrogen and oxygen atoms in total. The summed E-state index contributed by atoms with van der Waals surface area (Å²) < 4.78 is 2.16. The highest BCUT2D eigenvalue weighted by Gasteiger charge is 2.18. The van der Waals surface area contributed by atoms with Gasteiger partial charge in [-0.2, -0.15) is 0 Å². The van der Waals surface area contributed by atoms with Crippen molar-refractivity contribution in [2.45, 2.75) is 19.9 Å². The minimum absolute atomic E-state index is 0.129. The number of fused-ring (bicyclic) bond motifs is 2. The van der Waals surface area contributed by atoms with E-state index in [1.54, 1.807) is 12.4 Å². The number of nitrogens with zero attached hydrogens (tertiary/aromatic N) is 4. The average molecular weight is 440 g/mol. The largest absolute Gasteiger partial charge is 0.352 e. The first-order valence-electron chi connectivity index (χ1n) is 10.5. The predicted molar refractivity (Wildman–Crippen MR) is 131 cm³/mol. The average Bonchev–Trinajstić information content (AvgIpc) is 2.79. The van der Waals surface area contributed by atoms with Gasteiger partial charge in [-0.25, -0.2) is 4.98 Å². The summed E-state index contributed by atoms with van der Waals surface area (Å²) in [6.45, 7) is 4.14. The topological polar surface area (TPSA) is 55.1 Å². The fourth-order valence-electron chi connectivity index (χ4n) is 3.81. The van der Waals surface area contributed by atoms with Crippen molar-refractivity contribution in [3.05, 3.63) is 95.6 Å². The molecule has 158 valence electrons. The lowest BCUT2D eigenvalue weighted by Gasteiger charge is -2.21. The van der Waals surface area contributed by atoms with Gasteiger partial charge in [0.1, 0.15) is 0 Å². The highest BCUT2D eigenvalue weighted by molar-refractivity contribution is 6.32. The third-order valence-electron chi connectivity index (χ3n) is 5.13. The first kappa shape index (κ1) is 20.2. The SMILES string of the molecule is CC(C)N=c1cc2n(-c3ccccc3Cl)c3ccccc3nc-2cc1Nc1cccnc1. The van der Waals surface area contributed by atoms with Gasteiger partial charge in [0, 0.05) is 12.2 Å². The molecule has 1 aliphatic heterocycles. The molecule has 0 amide bonds. The minimum atomic E-state index is 0.129. The van der Waals surface area contributed by atoms with Gasteiger partial charge in [0.15, 0.2) is 0 Å². The quantitative estimate of drug-likeness (QED) is 0.337. The molecule has 0 saturated carbocycles. The van der Waals surface area contributed by atoms with Crippen molar-refractivity contribution in [1.82, 2.24) is 14.5 Å². The Morgan fingerprint density at radius 2 is 1.78 bits per heavy atom. The van der Waals surface area contributed by atoms with Crippen LogP contribution in [0.15, 0.2) is 90.2 Å². The molecule has 6 heteroatoms. The zero-order valence-corrected chi connectivity index (χ0v) is 18.6. The number of hydrogen-bond acceptors (Lipinski definition) is 4. The molecule has 0 saturated heterocycles. The van der Waals surface area contributed by atoms with E-state index in [0.29, 0.717) is 5.02 Å². The summed E-state index contributed by atoms with van der Waals surface area (Å²) in [6.07, 6.45) is 3.55. The summed E-state index contributed by atoms with van der Waals surface area (Å²) >= 11 is 6.64. The van der Waals surface area contributed by atoms with E-state index in [9.17, 15) is 0 Å². The number of halogens is 1. The summed E-state index contributed by atoms with van der Waals surface area (Å²) in [5.41, 5.74) is 6.34. The van der Waals surface area contributed by atoms with Gasteiger partial charge in [-0.3, -0.25) is 9.98 Å². The Labute approximate surface area is 191 Å². The highest BCUT2D eigenvalue weighted by atomic mass is 35.5. The maximum Gasteiger partial charge on any atom is 0.0900 e. The molecule has 32 heavy (non-hydrogen) atoms. The second kappa shape index (κ2) is 8.44. The first-order chi connectivity index (χ1) is 15.6. The van der Waals surface area contributed by atoms with Gasteiger partial charge in [-0.05, 0) is 62.4 Å². The van der Waals surface area contributed by atoms with Crippen LogP contribution in [0.25, 0.3) is 28.1 Å². The van der Waals surface area contributed by atoms with Gasteiger partial charge in [0.2, 0.25) is 0 Å². The Bertz CT molecular complexity index is 1440. The third-order valence-corrected chi connectivity index (χ3v) is 5.45. The number of pyridine rings is 1. The van der Waals surface area contributed by atoms with Crippen LogP contribution < -0.4 is 10.7 Å². The Kier molecular flexibility index (Phi) is 5.33. The molecule has 2 heterocycles. The number of para-hydroxylation sites is 3. The van der Waals surface area contributed by atoms with Gasteiger partial charge >= 0.3 is 0 Å². The van der Waals surface area contributed by atoms with Crippen molar-refractivity contribution in [2.75, 3.05) is 5.32 Å². The van der Waals surface area contributed by atoms with Crippen molar-refractivity contribution in [2.24, 2.45) is 4.99 Å². The molecule has 1 aliphatic carbocycles. The fraction of sp³-hybridized carbons (Fsp3) is 0.115. The molecule has 0 spiro atoms. The van der Waals surface area contributed by atoms with Crippen LogP contribution in [0.3, 0.4) is 0 Å². The monoisotopic (exact) mass is 439 g/mol. The van der Waals surface area contributed by atoms with Crippen molar-refractivity contribution < 1.29 is 0 Å². The maximum atomic E-state index is 6.64. The molecule has 0 unspecified atom stereocenters.